The lowest BCUT2D eigenvalue weighted by molar-refractivity contribution is -0.140. The van der Waals surface area contributed by atoms with Gasteiger partial charge in [0.15, 0.2) is 11.5 Å². The molecule has 0 amide bonds. The first kappa shape index (κ1) is 28.1. The first-order chi connectivity index (χ1) is 19.3. The van der Waals surface area contributed by atoms with Crippen molar-refractivity contribution in [3.05, 3.63) is 80.3 Å². The average Bonchev–Trinajstić information content (AvgIpc) is 3.58. The quantitative estimate of drug-likeness (QED) is 0.209. The van der Waals surface area contributed by atoms with E-state index in [-0.39, 0.29) is 23.7 Å². The van der Waals surface area contributed by atoms with Crippen LogP contribution in [0.25, 0.3) is 5.69 Å². The van der Waals surface area contributed by atoms with Crippen molar-refractivity contribution in [1.29, 1.82) is 0 Å². The first-order valence-electron chi connectivity index (χ1n) is 13.3. The summed E-state index contributed by atoms with van der Waals surface area (Å²) in [5, 5.41) is 11.1. The number of carbonyl (C=O) groups is 1. The summed E-state index contributed by atoms with van der Waals surface area (Å²) in [5.74, 6) is 3.10. The number of hydrogen-bond acceptors (Lipinski definition) is 8. The zero-order valence-electron chi connectivity index (χ0n) is 23.3. The van der Waals surface area contributed by atoms with Gasteiger partial charge >= 0.3 is 5.97 Å². The highest BCUT2D eigenvalue weighted by atomic mass is 35.5. The van der Waals surface area contributed by atoms with Gasteiger partial charge in [0.2, 0.25) is 0 Å². The fraction of sp³-hybridized carbons (Fsp3) is 0.400. The summed E-state index contributed by atoms with van der Waals surface area (Å²) in [6.45, 7) is 4.26. The van der Waals surface area contributed by atoms with Crippen LogP contribution in [0.2, 0.25) is 5.02 Å². The predicted octanol–water partition coefficient (Wildman–Crippen LogP) is 6.49. The van der Waals surface area contributed by atoms with Crippen LogP contribution in [0, 0.1) is 0 Å². The zero-order valence-corrected chi connectivity index (χ0v) is 24.9. The van der Waals surface area contributed by atoms with Gasteiger partial charge in [-0.3, -0.25) is 9.36 Å². The van der Waals surface area contributed by atoms with E-state index in [0.717, 1.165) is 44.8 Å². The van der Waals surface area contributed by atoms with Crippen LogP contribution >= 0.6 is 22.9 Å². The number of aromatic nitrogens is 4. The van der Waals surface area contributed by atoms with E-state index in [1.165, 1.54) is 7.11 Å². The number of methoxy groups -OCH3 is 3. The molecule has 0 aliphatic carbocycles. The van der Waals surface area contributed by atoms with Gasteiger partial charge in [-0.15, -0.1) is 21.5 Å². The Morgan fingerprint density at radius 1 is 1.12 bits per heavy atom. The van der Waals surface area contributed by atoms with Crippen LogP contribution in [0.4, 0.5) is 0 Å². The summed E-state index contributed by atoms with van der Waals surface area (Å²) in [6, 6.07) is 12.0. The lowest BCUT2D eigenvalue weighted by atomic mass is 9.82. The van der Waals surface area contributed by atoms with E-state index in [4.69, 9.17) is 35.9 Å². The number of fused-ring (bicyclic) bond motifs is 3. The molecule has 5 rings (SSSR count). The number of aryl methyl sites for hydroxylation is 1. The van der Waals surface area contributed by atoms with E-state index < -0.39 is 0 Å². The fourth-order valence-electron chi connectivity index (χ4n) is 5.47. The van der Waals surface area contributed by atoms with Crippen molar-refractivity contribution >= 4 is 28.9 Å². The Morgan fingerprint density at radius 3 is 2.67 bits per heavy atom. The van der Waals surface area contributed by atoms with Gasteiger partial charge in [-0.25, -0.2) is 4.98 Å². The van der Waals surface area contributed by atoms with E-state index in [0.29, 0.717) is 35.8 Å². The molecule has 1 aliphatic heterocycles. The van der Waals surface area contributed by atoms with E-state index in [1.54, 1.807) is 25.6 Å². The van der Waals surface area contributed by atoms with E-state index in [2.05, 4.69) is 35.6 Å². The van der Waals surface area contributed by atoms with Gasteiger partial charge in [-0.05, 0) is 42.7 Å². The Balaban J connectivity index is 1.63. The monoisotopic (exact) mass is 580 g/mol. The molecular formula is C30H33ClN4O4S. The highest BCUT2D eigenvalue weighted by Crippen LogP contribution is 2.48. The second-order valence-electron chi connectivity index (χ2n) is 10.2. The van der Waals surface area contributed by atoms with Gasteiger partial charge in [-0.1, -0.05) is 37.6 Å². The number of benzene rings is 2. The lowest BCUT2D eigenvalue weighted by Gasteiger charge is -2.24. The van der Waals surface area contributed by atoms with Crippen LogP contribution in [-0.2, 0) is 22.4 Å². The van der Waals surface area contributed by atoms with Crippen LogP contribution in [0.3, 0.4) is 0 Å². The maximum Gasteiger partial charge on any atom is 0.305 e. The van der Waals surface area contributed by atoms with E-state index in [1.807, 2.05) is 30.5 Å². The Labute approximate surface area is 243 Å². The van der Waals surface area contributed by atoms with Crippen molar-refractivity contribution in [2.75, 3.05) is 21.3 Å². The molecule has 0 N–H and O–H groups in total. The van der Waals surface area contributed by atoms with Crippen molar-refractivity contribution in [1.82, 2.24) is 19.7 Å². The van der Waals surface area contributed by atoms with E-state index in [9.17, 15) is 4.79 Å². The largest absolute Gasteiger partial charge is 0.493 e. The molecule has 0 saturated carbocycles. The topological polar surface area (TPSA) is 88.4 Å². The molecule has 0 spiro atoms. The third-order valence-electron chi connectivity index (χ3n) is 7.36. The predicted molar refractivity (Wildman–Crippen MR) is 155 cm³/mol. The Hall–Kier alpha value is -3.43. The number of hydrogen-bond donors (Lipinski definition) is 0. The third kappa shape index (κ3) is 5.45. The molecule has 2 atom stereocenters. The van der Waals surface area contributed by atoms with Gasteiger partial charge in [-0.2, -0.15) is 0 Å². The highest BCUT2D eigenvalue weighted by Gasteiger charge is 2.35. The molecule has 210 valence electrons. The van der Waals surface area contributed by atoms with Gasteiger partial charge < -0.3 is 14.2 Å². The number of ether oxygens (including phenoxy) is 3. The summed E-state index contributed by atoms with van der Waals surface area (Å²) < 4.78 is 18.6. The lowest BCUT2D eigenvalue weighted by Crippen LogP contribution is -2.12. The molecule has 0 fully saturated rings. The van der Waals surface area contributed by atoms with Crippen LogP contribution in [0.5, 0.6) is 11.5 Å². The first-order valence-corrected chi connectivity index (χ1v) is 14.5. The number of thiazole rings is 1. The molecule has 3 heterocycles. The van der Waals surface area contributed by atoms with Gasteiger partial charge in [0.25, 0.3) is 0 Å². The number of nitrogens with zero attached hydrogens (tertiary/aromatic N) is 4. The van der Waals surface area contributed by atoms with Crippen LogP contribution < -0.4 is 9.47 Å². The Morgan fingerprint density at radius 2 is 1.95 bits per heavy atom. The zero-order chi connectivity index (χ0) is 28.4. The minimum atomic E-state index is -0.223. The summed E-state index contributed by atoms with van der Waals surface area (Å²) in [5.41, 5.74) is 3.13. The number of para-hydroxylation sites is 1. The minimum Gasteiger partial charge on any atom is -0.493 e. The average molecular weight is 581 g/mol. The van der Waals surface area contributed by atoms with Crippen molar-refractivity contribution in [2.24, 2.45) is 0 Å². The van der Waals surface area contributed by atoms with Crippen LogP contribution in [0.15, 0.2) is 42.6 Å². The molecule has 0 bridgehead atoms. The standard InChI is InChI=1S/C30H33ClN4O4S/c1-17(2)29-33-34-30-18(14-26-32-16-20(40-26)10-12-27(36)38-4)13-22(21-7-6-8-25(37-3)28(21)39-5)23-15-19(31)9-11-24(23)35(29)30/h6-9,11,15-18,22H,10,12-14H2,1-5H3. The number of esters is 1. The van der Waals surface area contributed by atoms with Gasteiger partial charge in [0.1, 0.15) is 11.6 Å². The van der Waals surface area contributed by atoms with Crippen molar-refractivity contribution in [3.63, 3.8) is 0 Å². The maximum absolute atomic E-state index is 11.7. The molecule has 10 heteroatoms. The van der Waals surface area contributed by atoms with Gasteiger partial charge in [0, 0.05) is 45.8 Å². The molecule has 8 nitrogen and oxygen atoms in total. The maximum atomic E-state index is 11.7. The van der Waals surface area contributed by atoms with Crippen molar-refractivity contribution in [2.45, 2.75) is 57.3 Å². The van der Waals surface area contributed by atoms with E-state index >= 15 is 0 Å². The van der Waals surface area contributed by atoms with Crippen LogP contribution in [-0.4, -0.2) is 47.0 Å². The summed E-state index contributed by atoms with van der Waals surface area (Å²) in [7, 11) is 4.73. The van der Waals surface area contributed by atoms with Crippen LogP contribution in [0.1, 0.15) is 77.1 Å². The van der Waals surface area contributed by atoms with Crippen molar-refractivity contribution < 1.29 is 19.0 Å². The molecule has 0 radical (unpaired) electrons. The number of rotatable bonds is 9. The molecule has 0 saturated heterocycles. The third-order valence-corrected chi connectivity index (χ3v) is 8.67. The molecule has 1 aliphatic rings. The SMILES string of the molecule is COC(=O)CCc1cnc(CC2CC(c3cccc(OC)c3OC)c3cc(Cl)ccc3-n3c(C(C)C)nnc32)s1. The highest BCUT2D eigenvalue weighted by molar-refractivity contribution is 7.11. The number of carbonyl (C=O) groups excluding carboxylic acids is 1. The summed E-state index contributed by atoms with van der Waals surface area (Å²) in [4.78, 5) is 17.4. The smallest absolute Gasteiger partial charge is 0.305 e. The molecule has 2 aromatic carbocycles. The molecule has 4 aromatic rings. The Kier molecular flexibility index (Phi) is 8.42. The summed E-state index contributed by atoms with van der Waals surface area (Å²) in [6.07, 6.45) is 4.23. The summed E-state index contributed by atoms with van der Waals surface area (Å²) >= 11 is 8.24. The molecule has 2 unspecified atom stereocenters. The molecular weight excluding hydrogens is 548 g/mol. The van der Waals surface area contributed by atoms with Crippen molar-refractivity contribution in [3.8, 4) is 17.2 Å². The normalized spacial score (nSPS) is 16.3. The fourth-order valence-corrected chi connectivity index (χ4v) is 6.65. The molecule has 2 aromatic heterocycles. The second-order valence-corrected chi connectivity index (χ2v) is 11.8. The second kappa shape index (κ2) is 12.0. The van der Waals surface area contributed by atoms with Gasteiger partial charge in [0.05, 0.1) is 38.4 Å². The number of halogens is 1. The Bertz CT molecular complexity index is 1520. The molecule has 40 heavy (non-hydrogen) atoms. The minimum absolute atomic E-state index is 0.00619.